The van der Waals surface area contributed by atoms with Crippen molar-refractivity contribution in [2.24, 2.45) is 0 Å². The van der Waals surface area contributed by atoms with Gasteiger partial charge in [0.05, 0.1) is 25.2 Å². The number of thiazole rings is 1. The molecule has 4 aromatic heterocycles. The fourth-order valence-electron chi connectivity index (χ4n) is 3.54. The number of rotatable bonds is 6. The average Bonchev–Trinajstić information content (AvgIpc) is 3.60. The number of ether oxygens (including phenoxy) is 2. The molecule has 0 aliphatic heterocycles. The van der Waals surface area contributed by atoms with Gasteiger partial charge in [-0.1, -0.05) is 30.3 Å². The molecule has 0 radical (unpaired) electrons. The molecule has 0 bridgehead atoms. The van der Waals surface area contributed by atoms with Gasteiger partial charge < -0.3 is 13.9 Å². The number of hydrogen-bond donors (Lipinski definition) is 0. The van der Waals surface area contributed by atoms with E-state index in [1.807, 2.05) is 42.6 Å². The number of hydrogen-bond acceptors (Lipinski definition) is 9. The Morgan fingerprint density at radius 2 is 1.97 bits per heavy atom. The second-order valence-electron chi connectivity index (χ2n) is 7.52. The van der Waals surface area contributed by atoms with Crippen molar-refractivity contribution in [1.82, 2.24) is 29.5 Å². The van der Waals surface area contributed by atoms with Crippen molar-refractivity contribution in [1.29, 1.82) is 0 Å². The Morgan fingerprint density at radius 1 is 1.09 bits per heavy atom. The molecule has 10 heteroatoms. The third-order valence-electron chi connectivity index (χ3n) is 5.17. The third kappa shape index (κ3) is 3.73. The number of aryl methyl sites for hydroxylation is 1. The zero-order chi connectivity index (χ0) is 23.1. The van der Waals surface area contributed by atoms with E-state index in [1.54, 1.807) is 47.5 Å². The molecule has 6 rings (SSSR count). The monoisotopic (exact) mass is 470 g/mol. The van der Waals surface area contributed by atoms with Crippen LogP contribution in [0.1, 0.15) is 11.5 Å². The van der Waals surface area contributed by atoms with Crippen LogP contribution in [-0.2, 0) is 6.61 Å². The molecule has 2 aromatic carbocycles. The van der Waals surface area contributed by atoms with Gasteiger partial charge in [-0.05, 0) is 6.92 Å². The molecule has 0 saturated heterocycles. The lowest BCUT2D eigenvalue weighted by molar-refractivity contribution is 0.303. The summed E-state index contributed by atoms with van der Waals surface area (Å²) in [5, 5.41) is 7.27. The first kappa shape index (κ1) is 20.3. The van der Waals surface area contributed by atoms with E-state index < -0.39 is 0 Å². The van der Waals surface area contributed by atoms with Gasteiger partial charge in [0.1, 0.15) is 28.9 Å². The van der Waals surface area contributed by atoms with Crippen LogP contribution < -0.4 is 9.47 Å². The molecule has 9 nitrogen and oxygen atoms in total. The lowest BCUT2D eigenvalue weighted by Gasteiger charge is -2.07. The molecule has 0 saturated carbocycles. The summed E-state index contributed by atoms with van der Waals surface area (Å²) in [6, 6.07) is 13.6. The first-order valence-electron chi connectivity index (χ1n) is 10.5. The molecule has 0 amide bonds. The van der Waals surface area contributed by atoms with Gasteiger partial charge >= 0.3 is 0 Å². The van der Waals surface area contributed by atoms with Crippen molar-refractivity contribution >= 4 is 28.1 Å². The van der Waals surface area contributed by atoms with Gasteiger partial charge in [-0.25, -0.2) is 24.5 Å². The quantitative estimate of drug-likeness (QED) is 0.337. The summed E-state index contributed by atoms with van der Waals surface area (Å²) < 4.78 is 19.2. The van der Waals surface area contributed by atoms with E-state index in [2.05, 4.69) is 20.1 Å². The summed E-state index contributed by atoms with van der Waals surface area (Å²) in [6.07, 6.45) is 3.41. The van der Waals surface area contributed by atoms with Crippen LogP contribution >= 0.6 is 11.3 Å². The second kappa shape index (κ2) is 8.23. The molecule has 0 atom stereocenters. The van der Waals surface area contributed by atoms with E-state index in [0.29, 0.717) is 45.7 Å². The molecular formula is C24H18N6O3S. The Bertz CT molecular complexity index is 1620. The molecule has 0 fully saturated rings. The Kier molecular flexibility index (Phi) is 4.92. The fraction of sp³-hybridized carbons (Fsp3) is 0.125. The first-order chi connectivity index (χ1) is 16.7. The highest BCUT2D eigenvalue weighted by Crippen LogP contribution is 2.35. The van der Waals surface area contributed by atoms with Crippen LogP contribution in [0.3, 0.4) is 0 Å². The number of fused-ring (bicyclic) bond motifs is 2. The number of methoxy groups -OCH3 is 1. The van der Waals surface area contributed by atoms with Crippen LogP contribution in [-0.4, -0.2) is 36.7 Å². The minimum Gasteiger partial charge on any atom is -0.496 e. The molecule has 0 aliphatic rings. The number of aromatic nitrogens is 6. The van der Waals surface area contributed by atoms with Crippen molar-refractivity contribution in [3.63, 3.8) is 0 Å². The predicted octanol–water partition coefficient (Wildman–Crippen LogP) is 4.95. The Labute approximate surface area is 197 Å². The normalized spacial score (nSPS) is 11.4. The standard InChI is InChI=1S/C24H18N6O3S/c1-14-25-10-21-27-18(11-30(21)29-14)23-28-22-19(8-17(31-2)9-20(22)33-23)32-12-16-13-34-24(26-16)15-6-4-3-5-7-15/h3-11,13H,12H2,1-2H3. The van der Waals surface area contributed by atoms with Crippen LogP contribution in [0, 0.1) is 6.92 Å². The Balaban J connectivity index is 1.32. The van der Waals surface area contributed by atoms with Crippen LogP contribution in [0.5, 0.6) is 11.5 Å². The van der Waals surface area contributed by atoms with Gasteiger partial charge in [0.25, 0.3) is 0 Å². The van der Waals surface area contributed by atoms with Gasteiger partial charge in [0, 0.05) is 23.1 Å². The lowest BCUT2D eigenvalue weighted by Crippen LogP contribution is -1.97. The van der Waals surface area contributed by atoms with Crippen LogP contribution in [0.25, 0.3) is 38.9 Å². The molecule has 6 aromatic rings. The van der Waals surface area contributed by atoms with E-state index in [4.69, 9.17) is 18.9 Å². The van der Waals surface area contributed by atoms with Crippen LogP contribution in [0.4, 0.5) is 0 Å². The zero-order valence-corrected chi connectivity index (χ0v) is 19.1. The van der Waals surface area contributed by atoms with Crippen LogP contribution in [0.2, 0.25) is 0 Å². The number of benzene rings is 2. The van der Waals surface area contributed by atoms with E-state index >= 15 is 0 Å². The number of oxazole rings is 1. The van der Waals surface area contributed by atoms with E-state index in [1.165, 1.54) is 0 Å². The summed E-state index contributed by atoms with van der Waals surface area (Å²) in [5.41, 5.74) is 4.18. The van der Waals surface area contributed by atoms with E-state index in [9.17, 15) is 0 Å². The molecule has 0 unspecified atom stereocenters. The van der Waals surface area contributed by atoms with Gasteiger partial charge in [0.2, 0.25) is 5.89 Å². The second-order valence-corrected chi connectivity index (χ2v) is 8.38. The Morgan fingerprint density at radius 3 is 2.82 bits per heavy atom. The fourth-order valence-corrected chi connectivity index (χ4v) is 4.35. The topological polar surface area (TPSA) is 100 Å². The van der Waals surface area contributed by atoms with E-state index in [0.717, 1.165) is 16.3 Å². The Hall–Kier alpha value is -4.31. The minimum atomic E-state index is 0.289. The summed E-state index contributed by atoms with van der Waals surface area (Å²) in [5.74, 6) is 2.14. The summed E-state index contributed by atoms with van der Waals surface area (Å²) in [7, 11) is 1.60. The molecule has 168 valence electrons. The zero-order valence-electron chi connectivity index (χ0n) is 18.3. The largest absolute Gasteiger partial charge is 0.496 e. The van der Waals surface area contributed by atoms with Crippen molar-refractivity contribution < 1.29 is 13.9 Å². The highest BCUT2D eigenvalue weighted by atomic mass is 32.1. The summed E-state index contributed by atoms with van der Waals surface area (Å²) in [4.78, 5) is 18.0. The molecule has 0 N–H and O–H groups in total. The summed E-state index contributed by atoms with van der Waals surface area (Å²) >= 11 is 1.58. The smallest absolute Gasteiger partial charge is 0.248 e. The van der Waals surface area contributed by atoms with Gasteiger partial charge in [-0.2, -0.15) is 5.10 Å². The molecular weight excluding hydrogens is 452 g/mol. The third-order valence-corrected chi connectivity index (χ3v) is 6.11. The van der Waals surface area contributed by atoms with E-state index in [-0.39, 0.29) is 6.61 Å². The van der Waals surface area contributed by atoms with Crippen molar-refractivity contribution in [2.45, 2.75) is 13.5 Å². The average molecular weight is 471 g/mol. The minimum absolute atomic E-state index is 0.289. The predicted molar refractivity (Wildman–Crippen MR) is 127 cm³/mol. The molecule has 34 heavy (non-hydrogen) atoms. The van der Waals surface area contributed by atoms with Gasteiger partial charge in [0.15, 0.2) is 22.5 Å². The van der Waals surface area contributed by atoms with Crippen molar-refractivity contribution in [2.75, 3.05) is 7.11 Å². The highest BCUT2D eigenvalue weighted by molar-refractivity contribution is 7.13. The molecule has 0 aliphatic carbocycles. The number of imidazole rings is 1. The summed E-state index contributed by atoms with van der Waals surface area (Å²) in [6.45, 7) is 2.11. The number of nitrogens with zero attached hydrogens (tertiary/aromatic N) is 6. The van der Waals surface area contributed by atoms with Crippen molar-refractivity contribution in [3.8, 4) is 33.7 Å². The van der Waals surface area contributed by atoms with Gasteiger partial charge in [-0.15, -0.1) is 11.3 Å². The first-order valence-corrected chi connectivity index (χ1v) is 11.3. The molecule has 4 heterocycles. The maximum absolute atomic E-state index is 6.11. The van der Waals surface area contributed by atoms with Crippen molar-refractivity contribution in [3.05, 3.63) is 71.8 Å². The highest BCUT2D eigenvalue weighted by Gasteiger charge is 2.18. The molecule has 0 spiro atoms. The SMILES string of the molecule is COc1cc(OCc2csc(-c3ccccc3)n2)c2nc(-c3cn4nc(C)ncc4n3)oc2c1. The lowest BCUT2D eigenvalue weighted by atomic mass is 10.2. The maximum Gasteiger partial charge on any atom is 0.248 e. The van der Waals surface area contributed by atoms with Crippen LogP contribution in [0.15, 0.2) is 64.7 Å². The van der Waals surface area contributed by atoms with Gasteiger partial charge in [-0.3, -0.25) is 0 Å². The maximum atomic E-state index is 6.11.